The van der Waals surface area contributed by atoms with Gasteiger partial charge >= 0.3 is 0 Å². The zero-order chi connectivity index (χ0) is 10.7. The summed E-state index contributed by atoms with van der Waals surface area (Å²) in [6, 6.07) is 11.7. The predicted molar refractivity (Wildman–Crippen MR) is 56.3 cm³/mol. The van der Waals surface area contributed by atoms with E-state index in [1.54, 1.807) is 0 Å². The number of rotatable bonds is 3. The molecule has 3 heteroatoms. The lowest BCUT2D eigenvalue weighted by Crippen LogP contribution is -1.86. The van der Waals surface area contributed by atoms with Crippen LogP contribution in [0.4, 0.5) is 0 Å². The molecule has 1 heterocycles. The lowest BCUT2D eigenvalue weighted by atomic mass is 10.1. The average Bonchev–Trinajstić information content (AvgIpc) is 2.63. The van der Waals surface area contributed by atoms with Crippen LogP contribution < -0.4 is 0 Å². The van der Waals surface area contributed by atoms with Gasteiger partial charge in [0.2, 0.25) is 0 Å². The molecule has 0 amide bonds. The third-order valence-electron chi connectivity index (χ3n) is 2.30. The second-order valence-corrected chi connectivity index (χ2v) is 3.33. The summed E-state index contributed by atoms with van der Waals surface area (Å²) in [7, 11) is 0. The highest BCUT2D eigenvalue weighted by molar-refractivity contribution is 5.58. The Bertz CT molecular complexity index is 431. The Balaban J connectivity index is 2.34. The normalized spacial score (nSPS) is 10.5. The molecule has 1 aromatic heterocycles. The van der Waals surface area contributed by atoms with Gasteiger partial charge in [0.15, 0.2) is 0 Å². The van der Waals surface area contributed by atoms with Crippen molar-refractivity contribution in [3.8, 4) is 11.3 Å². The maximum Gasteiger partial charge on any atom is 0.134 e. The van der Waals surface area contributed by atoms with Gasteiger partial charge in [-0.1, -0.05) is 30.3 Å². The first-order chi connectivity index (χ1) is 7.31. The predicted octanol–water partition coefficient (Wildman–Crippen LogP) is 3.24. The molecule has 0 saturated carbocycles. The first-order valence-electron chi connectivity index (χ1n) is 4.72. The van der Waals surface area contributed by atoms with Crippen molar-refractivity contribution in [2.24, 2.45) is 0 Å². The van der Waals surface area contributed by atoms with E-state index in [1.165, 1.54) is 0 Å². The molecule has 15 heavy (non-hydrogen) atoms. The van der Waals surface area contributed by atoms with E-state index in [0.29, 0.717) is 0 Å². The summed E-state index contributed by atoms with van der Waals surface area (Å²) in [4.78, 5) is 4.10. The summed E-state index contributed by atoms with van der Waals surface area (Å²) in [5.41, 5.74) is 1.88. The molecule has 0 fully saturated rings. The summed E-state index contributed by atoms with van der Waals surface area (Å²) < 4.78 is 5.56. The Morgan fingerprint density at radius 1 is 1.27 bits per heavy atom. The van der Waals surface area contributed by atoms with Crippen LogP contribution in [0.5, 0.6) is 0 Å². The Kier molecular flexibility index (Phi) is 2.85. The molecule has 2 rings (SSSR count). The molecule has 0 aliphatic carbocycles. The van der Waals surface area contributed by atoms with Crippen molar-refractivity contribution < 1.29 is 14.6 Å². The topological polar surface area (TPSA) is 42.6 Å². The van der Waals surface area contributed by atoms with Crippen LogP contribution in [-0.2, 0) is 11.5 Å². The third-order valence-corrected chi connectivity index (χ3v) is 2.30. The fraction of sp³-hybridized carbons (Fsp3) is 0.167. The van der Waals surface area contributed by atoms with Gasteiger partial charge in [-0.3, -0.25) is 5.26 Å². The molecule has 0 saturated heterocycles. The number of benzene rings is 1. The van der Waals surface area contributed by atoms with Gasteiger partial charge in [-0.05, 0) is 13.0 Å². The smallest absolute Gasteiger partial charge is 0.134 e. The van der Waals surface area contributed by atoms with E-state index < -0.39 is 0 Å². The van der Waals surface area contributed by atoms with Crippen LogP contribution in [0.1, 0.15) is 11.3 Å². The first-order valence-corrected chi connectivity index (χ1v) is 4.72. The quantitative estimate of drug-likeness (QED) is 0.616. The molecule has 3 nitrogen and oxygen atoms in total. The van der Waals surface area contributed by atoms with Crippen LogP contribution in [0.15, 0.2) is 40.8 Å². The molecule has 78 valence electrons. The minimum Gasteiger partial charge on any atom is -0.461 e. The maximum absolute atomic E-state index is 8.38. The van der Waals surface area contributed by atoms with Crippen molar-refractivity contribution in [2.45, 2.75) is 13.5 Å². The van der Waals surface area contributed by atoms with Crippen LogP contribution >= 0.6 is 0 Å². The van der Waals surface area contributed by atoms with Gasteiger partial charge in [-0.15, -0.1) is 0 Å². The molecule has 0 aliphatic heterocycles. The fourth-order valence-corrected chi connectivity index (χ4v) is 1.48. The Morgan fingerprint density at radius 3 is 2.67 bits per heavy atom. The molecule has 0 radical (unpaired) electrons. The van der Waals surface area contributed by atoms with Crippen LogP contribution in [0.2, 0.25) is 0 Å². The van der Waals surface area contributed by atoms with Crippen LogP contribution in [0, 0.1) is 6.92 Å². The van der Waals surface area contributed by atoms with Gasteiger partial charge in [0.05, 0.1) is 0 Å². The van der Waals surface area contributed by atoms with E-state index >= 15 is 0 Å². The molecule has 0 spiro atoms. The molecule has 1 N–H and O–H groups in total. The van der Waals surface area contributed by atoms with E-state index in [4.69, 9.17) is 9.67 Å². The van der Waals surface area contributed by atoms with Crippen LogP contribution in [0.3, 0.4) is 0 Å². The van der Waals surface area contributed by atoms with Gasteiger partial charge in [0.25, 0.3) is 0 Å². The molecule has 0 unspecified atom stereocenters. The van der Waals surface area contributed by atoms with Gasteiger partial charge in [0, 0.05) is 11.1 Å². The molecular formula is C12H12O3. The van der Waals surface area contributed by atoms with Gasteiger partial charge in [-0.2, -0.15) is 0 Å². The van der Waals surface area contributed by atoms with Crippen molar-refractivity contribution >= 4 is 0 Å². The highest BCUT2D eigenvalue weighted by Gasteiger charge is 2.08. The summed E-state index contributed by atoms with van der Waals surface area (Å²) in [5.74, 6) is 1.56. The lowest BCUT2D eigenvalue weighted by Gasteiger charge is -1.93. The van der Waals surface area contributed by atoms with Crippen molar-refractivity contribution in [3.05, 3.63) is 47.7 Å². The number of furan rings is 1. The third kappa shape index (κ3) is 2.09. The SMILES string of the molecule is Cc1oc(-c2ccccc2)cc1COO. The van der Waals surface area contributed by atoms with Crippen molar-refractivity contribution in [1.29, 1.82) is 0 Å². The lowest BCUT2D eigenvalue weighted by molar-refractivity contribution is -0.253. The first kappa shape index (κ1) is 9.96. The molecular weight excluding hydrogens is 192 g/mol. The van der Waals surface area contributed by atoms with E-state index in [-0.39, 0.29) is 6.61 Å². The Labute approximate surface area is 87.8 Å². The Morgan fingerprint density at radius 2 is 2.00 bits per heavy atom. The van der Waals surface area contributed by atoms with E-state index in [2.05, 4.69) is 4.89 Å². The largest absolute Gasteiger partial charge is 0.461 e. The zero-order valence-corrected chi connectivity index (χ0v) is 8.43. The summed E-state index contributed by atoms with van der Waals surface area (Å²) in [6.07, 6.45) is 0. The van der Waals surface area contributed by atoms with E-state index in [9.17, 15) is 0 Å². The minimum absolute atomic E-state index is 0.155. The monoisotopic (exact) mass is 204 g/mol. The maximum atomic E-state index is 8.38. The standard InChI is InChI=1S/C12H12O3/c1-9-11(8-14-13)7-12(15-9)10-5-3-2-4-6-10/h2-7,13H,8H2,1H3. The summed E-state index contributed by atoms with van der Waals surface area (Å²) in [6.45, 7) is 2.00. The minimum atomic E-state index is 0.155. The molecule has 2 aromatic rings. The number of hydrogen-bond donors (Lipinski definition) is 1. The highest BCUT2D eigenvalue weighted by atomic mass is 17.1. The zero-order valence-electron chi connectivity index (χ0n) is 8.43. The van der Waals surface area contributed by atoms with Crippen LogP contribution in [0.25, 0.3) is 11.3 Å². The van der Waals surface area contributed by atoms with E-state index in [0.717, 1.165) is 22.6 Å². The molecule has 0 atom stereocenters. The molecule has 1 aromatic carbocycles. The van der Waals surface area contributed by atoms with Gasteiger partial charge < -0.3 is 4.42 Å². The highest BCUT2D eigenvalue weighted by Crippen LogP contribution is 2.25. The van der Waals surface area contributed by atoms with Crippen LogP contribution in [-0.4, -0.2) is 5.26 Å². The summed E-state index contributed by atoms with van der Waals surface area (Å²) in [5, 5.41) is 8.38. The van der Waals surface area contributed by atoms with Crippen molar-refractivity contribution in [3.63, 3.8) is 0 Å². The average molecular weight is 204 g/mol. The Hall–Kier alpha value is -1.58. The molecule has 0 aliphatic rings. The second-order valence-electron chi connectivity index (χ2n) is 3.33. The van der Waals surface area contributed by atoms with Crippen molar-refractivity contribution in [2.75, 3.05) is 0 Å². The second kappa shape index (κ2) is 4.29. The summed E-state index contributed by atoms with van der Waals surface area (Å²) >= 11 is 0. The number of hydrogen-bond acceptors (Lipinski definition) is 3. The molecule has 0 bridgehead atoms. The van der Waals surface area contributed by atoms with Gasteiger partial charge in [0.1, 0.15) is 18.1 Å². The van der Waals surface area contributed by atoms with Crippen molar-refractivity contribution in [1.82, 2.24) is 0 Å². The fourth-order valence-electron chi connectivity index (χ4n) is 1.48. The van der Waals surface area contributed by atoms with E-state index in [1.807, 2.05) is 43.3 Å². The van der Waals surface area contributed by atoms with Gasteiger partial charge in [-0.25, -0.2) is 4.89 Å². The number of aryl methyl sites for hydroxylation is 1.